The molecule has 0 bridgehead atoms. The third kappa shape index (κ3) is 5.18. The number of nitrogens with zero attached hydrogens (tertiary/aromatic N) is 2. The Morgan fingerprint density at radius 1 is 1.07 bits per heavy atom. The minimum atomic E-state index is -0.678. The summed E-state index contributed by atoms with van der Waals surface area (Å²) in [7, 11) is 0.830. The number of imidazole rings is 1. The van der Waals surface area contributed by atoms with Gasteiger partial charge < -0.3 is 33.7 Å². The summed E-state index contributed by atoms with van der Waals surface area (Å²) in [6, 6.07) is 11.3. The van der Waals surface area contributed by atoms with Gasteiger partial charge in [-0.3, -0.25) is 4.79 Å². The molecule has 43 heavy (non-hydrogen) atoms. The Balaban J connectivity index is 1.24. The van der Waals surface area contributed by atoms with Crippen molar-refractivity contribution < 1.29 is 28.1 Å². The number of carbonyl (C=O) groups excluding carboxylic acids is 2. The first-order chi connectivity index (χ1) is 20.4. The van der Waals surface area contributed by atoms with Gasteiger partial charge >= 0.3 is 13.2 Å². The zero-order chi connectivity index (χ0) is 30.7. The molecule has 4 heterocycles. The van der Waals surface area contributed by atoms with Gasteiger partial charge in [0, 0.05) is 29.1 Å². The van der Waals surface area contributed by atoms with Gasteiger partial charge in [-0.05, 0) is 70.1 Å². The Morgan fingerprint density at radius 2 is 1.74 bits per heavy atom. The zero-order valence-corrected chi connectivity index (χ0v) is 25.8. The van der Waals surface area contributed by atoms with Crippen LogP contribution in [-0.2, 0) is 18.8 Å². The summed E-state index contributed by atoms with van der Waals surface area (Å²) in [6.45, 7) is 12.6. The van der Waals surface area contributed by atoms with Crippen molar-refractivity contribution in [2.45, 2.75) is 77.7 Å². The number of benzene rings is 2. The number of H-pyrrole nitrogens is 1. The maximum atomic E-state index is 13.5. The Kier molecular flexibility index (Phi) is 7.29. The third-order valence-corrected chi connectivity index (χ3v) is 9.16. The Labute approximate surface area is 251 Å². The molecule has 0 aliphatic carbocycles. The molecule has 0 saturated carbocycles. The predicted molar refractivity (Wildman–Crippen MR) is 165 cm³/mol. The molecule has 2 aromatic heterocycles. The van der Waals surface area contributed by atoms with Crippen LogP contribution < -0.4 is 10.8 Å². The number of alkyl carbamates (subject to hydrolysis) is 1. The van der Waals surface area contributed by atoms with Crippen LogP contribution in [0.2, 0.25) is 0 Å². The van der Waals surface area contributed by atoms with Crippen LogP contribution in [-0.4, -0.2) is 64.9 Å². The number of fused-ring (bicyclic) bond motifs is 3. The molecule has 2 N–H and O–H groups in total. The zero-order valence-electron chi connectivity index (χ0n) is 25.8. The van der Waals surface area contributed by atoms with E-state index in [4.69, 9.17) is 23.4 Å². The molecule has 0 spiro atoms. The van der Waals surface area contributed by atoms with E-state index in [2.05, 4.69) is 22.4 Å². The molecule has 2 amide bonds. The number of carbonyl (C=O) groups is 2. The van der Waals surface area contributed by atoms with E-state index >= 15 is 0 Å². The van der Waals surface area contributed by atoms with E-state index in [1.165, 1.54) is 7.11 Å². The van der Waals surface area contributed by atoms with Gasteiger partial charge in [0.15, 0.2) is 0 Å². The lowest BCUT2D eigenvalue weighted by Gasteiger charge is -2.32. The van der Waals surface area contributed by atoms with Gasteiger partial charge in [-0.1, -0.05) is 32.0 Å². The fourth-order valence-electron chi connectivity index (χ4n) is 5.93. The van der Waals surface area contributed by atoms with Crippen molar-refractivity contribution in [2.24, 2.45) is 5.92 Å². The first-order valence-corrected chi connectivity index (χ1v) is 14.9. The topological polar surface area (TPSA) is 119 Å². The number of rotatable bonds is 6. The molecule has 10 nitrogen and oxygen atoms in total. The summed E-state index contributed by atoms with van der Waals surface area (Å²) in [5, 5.41) is 4.73. The number of aromatic amines is 1. The van der Waals surface area contributed by atoms with Crippen LogP contribution in [0.5, 0.6) is 0 Å². The number of amides is 2. The van der Waals surface area contributed by atoms with Crippen molar-refractivity contribution in [2.75, 3.05) is 13.7 Å². The van der Waals surface area contributed by atoms with E-state index in [0.29, 0.717) is 6.54 Å². The van der Waals surface area contributed by atoms with Crippen molar-refractivity contribution in [3.05, 3.63) is 48.4 Å². The number of likely N-dealkylation sites (tertiary alicyclic amines) is 1. The molecule has 4 aromatic rings. The summed E-state index contributed by atoms with van der Waals surface area (Å²) in [4.78, 5) is 35.4. The summed E-state index contributed by atoms with van der Waals surface area (Å²) >= 11 is 0. The predicted octanol–water partition coefficient (Wildman–Crippen LogP) is 5.32. The normalized spacial score (nSPS) is 20.3. The molecule has 2 atom stereocenters. The molecule has 0 unspecified atom stereocenters. The second kappa shape index (κ2) is 10.7. The molecule has 6 rings (SSSR count). The lowest BCUT2D eigenvalue weighted by atomic mass is 9.79. The monoisotopic (exact) mass is 586 g/mol. The van der Waals surface area contributed by atoms with E-state index in [1.54, 1.807) is 0 Å². The van der Waals surface area contributed by atoms with Crippen LogP contribution in [0.4, 0.5) is 4.79 Å². The maximum Gasteiger partial charge on any atom is 0.494 e. The number of ether oxygens (including phenoxy) is 1. The maximum absolute atomic E-state index is 13.5. The third-order valence-electron chi connectivity index (χ3n) is 9.16. The van der Waals surface area contributed by atoms with E-state index in [9.17, 15) is 9.59 Å². The van der Waals surface area contributed by atoms with Gasteiger partial charge in [0.2, 0.25) is 5.91 Å². The fraction of sp³-hybridized carbons (Fsp3) is 0.469. The highest BCUT2D eigenvalue weighted by atomic mass is 16.7. The van der Waals surface area contributed by atoms with Gasteiger partial charge in [-0.25, -0.2) is 9.78 Å². The second-order valence-electron chi connectivity index (χ2n) is 12.9. The summed E-state index contributed by atoms with van der Waals surface area (Å²) < 4.78 is 23.5. The molecule has 2 aromatic carbocycles. The molecule has 11 heteroatoms. The van der Waals surface area contributed by atoms with Crippen molar-refractivity contribution in [1.29, 1.82) is 0 Å². The van der Waals surface area contributed by atoms with Gasteiger partial charge in [0.05, 0.1) is 30.0 Å². The SMILES string of the molecule is COC(=O)N[C@H](C(=O)N1CCC[C@H]1c1nc(-c2ccc3c(c2)oc2cc(B4OC(C)(C)C(C)(C)O4)ccc23)c[nH]1)C(C)C. The van der Waals surface area contributed by atoms with Gasteiger partial charge in [0.1, 0.15) is 23.0 Å². The smallest absolute Gasteiger partial charge is 0.456 e. The quantitative estimate of drug-likeness (QED) is 0.294. The number of hydrogen-bond donors (Lipinski definition) is 2. The highest BCUT2D eigenvalue weighted by Gasteiger charge is 2.51. The first-order valence-electron chi connectivity index (χ1n) is 14.9. The molecule has 2 aliphatic heterocycles. The standard InChI is InChI=1S/C32H39BN4O6/c1-18(2)27(36-30(39)40-7)29(38)37-14-8-9-24(37)28-34-17-23(35-28)19-10-12-21-22-13-11-20(16-26(22)41-25(21)15-19)33-42-31(3,4)32(5,6)43-33/h10-13,15-18,24,27H,8-9,14H2,1-7H3,(H,34,35)(H,36,39)/t24-,27-/m0/s1. The molecule has 2 saturated heterocycles. The lowest BCUT2D eigenvalue weighted by molar-refractivity contribution is -0.135. The average molecular weight is 586 g/mol. The number of furan rings is 1. The number of nitrogens with one attached hydrogen (secondary N) is 2. The molecule has 0 radical (unpaired) electrons. The van der Waals surface area contributed by atoms with Crippen LogP contribution in [0.1, 0.15) is 66.3 Å². The number of aromatic nitrogens is 2. The molecular formula is C32H39BN4O6. The van der Waals surface area contributed by atoms with Crippen molar-refractivity contribution >= 4 is 46.5 Å². The van der Waals surface area contributed by atoms with Crippen LogP contribution >= 0.6 is 0 Å². The molecular weight excluding hydrogens is 547 g/mol. The Bertz CT molecular complexity index is 1680. The summed E-state index contributed by atoms with van der Waals surface area (Å²) in [5.41, 5.74) is 3.27. The summed E-state index contributed by atoms with van der Waals surface area (Å²) in [6.07, 6.45) is 2.89. The highest BCUT2D eigenvalue weighted by molar-refractivity contribution is 6.62. The van der Waals surface area contributed by atoms with Crippen LogP contribution in [0.15, 0.2) is 47.0 Å². The van der Waals surface area contributed by atoms with E-state index in [0.717, 1.165) is 57.3 Å². The summed E-state index contributed by atoms with van der Waals surface area (Å²) in [5.74, 6) is 0.492. The van der Waals surface area contributed by atoms with Crippen LogP contribution in [0.25, 0.3) is 33.2 Å². The minimum absolute atomic E-state index is 0.0940. The van der Waals surface area contributed by atoms with E-state index in [1.807, 2.05) is 76.9 Å². The van der Waals surface area contributed by atoms with Crippen molar-refractivity contribution in [1.82, 2.24) is 20.2 Å². The minimum Gasteiger partial charge on any atom is -0.456 e. The second-order valence-corrected chi connectivity index (χ2v) is 12.9. The van der Waals surface area contributed by atoms with E-state index in [-0.39, 0.29) is 17.9 Å². The highest BCUT2D eigenvalue weighted by Crippen LogP contribution is 2.38. The van der Waals surface area contributed by atoms with Gasteiger partial charge in [0.25, 0.3) is 0 Å². The van der Waals surface area contributed by atoms with Crippen molar-refractivity contribution in [3.8, 4) is 11.3 Å². The Hall–Kier alpha value is -3.83. The van der Waals surface area contributed by atoms with Gasteiger partial charge in [-0.2, -0.15) is 0 Å². The van der Waals surface area contributed by atoms with Crippen molar-refractivity contribution in [3.63, 3.8) is 0 Å². The van der Waals surface area contributed by atoms with Crippen LogP contribution in [0.3, 0.4) is 0 Å². The molecule has 2 fully saturated rings. The first kappa shape index (κ1) is 29.3. The largest absolute Gasteiger partial charge is 0.494 e. The lowest BCUT2D eigenvalue weighted by Crippen LogP contribution is -2.51. The molecule has 2 aliphatic rings. The van der Waals surface area contributed by atoms with E-state index < -0.39 is 30.5 Å². The number of hydrogen-bond acceptors (Lipinski definition) is 7. The Morgan fingerprint density at radius 3 is 2.42 bits per heavy atom. The number of methoxy groups -OCH3 is 1. The molecule has 226 valence electrons. The average Bonchev–Trinajstić information content (AvgIpc) is 3.74. The van der Waals surface area contributed by atoms with Crippen LogP contribution in [0, 0.1) is 5.92 Å². The fourth-order valence-corrected chi connectivity index (χ4v) is 5.93. The van der Waals surface area contributed by atoms with Gasteiger partial charge in [-0.15, -0.1) is 0 Å².